The zero-order valence-electron chi connectivity index (χ0n) is 20.9. The van der Waals surface area contributed by atoms with Gasteiger partial charge in [0.2, 0.25) is 5.88 Å². The van der Waals surface area contributed by atoms with E-state index in [-0.39, 0.29) is 24.4 Å². The molecular formula is C25H33F4N5O3. The zero-order chi connectivity index (χ0) is 26.5. The average molecular weight is 528 g/mol. The van der Waals surface area contributed by atoms with E-state index >= 15 is 4.39 Å². The Hall–Kier alpha value is -2.89. The molecule has 1 aliphatic carbocycles. The van der Waals surface area contributed by atoms with Gasteiger partial charge in [0.05, 0.1) is 12.4 Å². The molecule has 2 aromatic rings. The maximum Gasteiger partial charge on any atom is 0.422 e. The van der Waals surface area contributed by atoms with Crippen molar-refractivity contribution in [3.8, 4) is 11.6 Å². The maximum absolute atomic E-state index is 15.5. The topological polar surface area (TPSA) is 81.5 Å². The lowest BCUT2D eigenvalue weighted by atomic mass is 9.81. The molecule has 0 radical (unpaired) electrons. The number of nitrogens with one attached hydrogen (secondary N) is 1. The number of ether oxygens (including phenoxy) is 2. The number of amides is 1. The highest BCUT2D eigenvalue weighted by Gasteiger charge is 2.36. The van der Waals surface area contributed by atoms with E-state index in [4.69, 9.17) is 9.47 Å². The van der Waals surface area contributed by atoms with Crippen molar-refractivity contribution < 1.29 is 31.8 Å². The highest BCUT2D eigenvalue weighted by atomic mass is 19.4. The third-order valence-electron chi connectivity index (χ3n) is 6.96. The molecule has 0 atom stereocenters. The fourth-order valence-electron chi connectivity index (χ4n) is 4.85. The summed E-state index contributed by atoms with van der Waals surface area (Å²) < 4.78 is 64.5. The third-order valence-corrected chi connectivity index (χ3v) is 6.96. The summed E-state index contributed by atoms with van der Waals surface area (Å²) in [6.07, 6.45) is 2.41. The number of hydrogen-bond acceptors (Lipinski definition) is 6. The summed E-state index contributed by atoms with van der Waals surface area (Å²) in [5, 5.41) is 6.91. The first-order valence-electron chi connectivity index (χ1n) is 12.6. The van der Waals surface area contributed by atoms with Crippen LogP contribution in [0.2, 0.25) is 0 Å². The number of carbonyl (C=O) groups is 1. The molecular weight excluding hydrogens is 494 g/mol. The number of aryl methyl sites for hydroxylation is 1. The molecule has 1 saturated carbocycles. The fraction of sp³-hybridized carbons (Fsp3) is 0.640. The Labute approximate surface area is 213 Å². The minimum absolute atomic E-state index is 0.0280. The molecule has 0 aromatic carbocycles. The normalized spacial score (nSPS) is 22.7. The summed E-state index contributed by atoms with van der Waals surface area (Å²) in [6, 6.07) is 3.17. The fourth-order valence-corrected chi connectivity index (χ4v) is 4.85. The van der Waals surface area contributed by atoms with Crippen LogP contribution < -0.4 is 14.8 Å². The summed E-state index contributed by atoms with van der Waals surface area (Å²) in [7, 11) is 1.76. The van der Waals surface area contributed by atoms with Crippen molar-refractivity contribution in [1.29, 1.82) is 0 Å². The number of hydrogen-bond donors (Lipinski definition) is 1. The standard InChI is InChI=1S/C25H33F4N5O3/c1-33-15-20(14-30-33)36-16-22(35)31-19-4-8-24(26,9-5-19)10-13-34-11-6-18-2-3-23(32-21(18)7-12-34)37-17-25(27,28)29/h2-3,14-15,19H,4-13,16-17H2,1H3,(H,31,35). The van der Waals surface area contributed by atoms with E-state index in [2.05, 4.69) is 20.3 Å². The van der Waals surface area contributed by atoms with Crippen molar-refractivity contribution in [3.63, 3.8) is 0 Å². The Morgan fingerprint density at radius 1 is 1.19 bits per heavy atom. The molecule has 3 heterocycles. The minimum Gasteiger partial charge on any atom is -0.480 e. The first-order valence-corrected chi connectivity index (χ1v) is 12.6. The van der Waals surface area contributed by atoms with Crippen molar-refractivity contribution in [2.45, 2.75) is 62.8 Å². The van der Waals surface area contributed by atoms with Gasteiger partial charge < -0.3 is 19.7 Å². The van der Waals surface area contributed by atoms with E-state index in [9.17, 15) is 18.0 Å². The van der Waals surface area contributed by atoms with Gasteiger partial charge in [0.1, 0.15) is 5.67 Å². The molecule has 1 fully saturated rings. The summed E-state index contributed by atoms with van der Waals surface area (Å²) in [4.78, 5) is 18.6. The van der Waals surface area contributed by atoms with E-state index in [0.29, 0.717) is 63.8 Å². The van der Waals surface area contributed by atoms with Crippen LogP contribution >= 0.6 is 0 Å². The van der Waals surface area contributed by atoms with Crippen LogP contribution in [0.3, 0.4) is 0 Å². The Morgan fingerprint density at radius 3 is 2.65 bits per heavy atom. The van der Waals surface area contributed by atoms with E-state index in [1.165, 1.54) is 12.3 Å². The van der Waals surface area contributed by atoms with Crippen LogP contribution in [0.25, 0.3) is 0 Å². The summed E-state index contributed by atoms with van der Waals surface area (Å²) in [6.45, 7) is 0.522. The van der Waals surface area contributed by atoms with Crippen LogP contribution in [0.15, 0.2) is 24.5 Å². The highest BCUT2D eigenvalue weighted by Crippen LogP contribution is 2.35. The maximum atomic E-state index is 15.5. The number of fused-ring (bicyclic) bond motifs is 1. The number of rotatable bonds is 9. The lowest BCUT2D eigenvalue weighted by Gasteiger charge is -2.35. The first-order chi connectivity index (χ1) is 17.6. The molecule has 12 heteroatoms. The minimum atomic E-state index is -4.41. The van der Waals surface area contributed by atoms with Gasteiger partial charge in [-0.25, -0.2) is 9.37 Å². The van der Waals surface area contributed by atoms with E-state index in [0.717, 1.165) is 17.8 Å². The molecule has 4 rings (SSSR count). The molecule has 0 saturated heterocycles. The van der Waals surface area contributed by atoms with Crippen molar-refractivity contribution in [2.24, 2.45) is 7.05 Å². The molecule has 1 amide bonds. The third kappa shape index (κ3) is 8.31. The second-order valence-corrected chi connectivity index (χ2v) is 9.88. The number of pyridine rings is 1. The van der Waals surface area contributed by atoms with Crippen LogP contribution in [-0.4, -0.2) is 76.3 Å². The Kier molecular flexibility index (Phi) is 8.56. The van der Waals surface area contributed by atoms with E-state index in [1.54, 1.807) is 24.0 Å². The zero-order valence-corrected chi connectivity index (χ0v) is 20.9. The first kappa shape index (κ1) is 27.2. The molecule has 37 heavy (non-hydrogen) atoms. The Balaban J connectivity index is 1.17. The summed E-state index contributed by atoms with van der Waals surface area (Å²) >= 11 is 0. The second kappa shape index (κ2) is 11.7. The predicted octanol–water partition coefficient (Wildman–Crippen LogP) is 3.39. The molecule has 8 nitrogen and oxygen atoms in total. The van der Waals surface area contributed by atoms with Crippen molar-refractivity contribution in [3.05, 3.63) is 35.8 Å². The van der Waals surface area contributed by atoms with Crippen molar-refractivity contribution in [1.82, 2.24) is 25.0 Å². The van der Waals surface area contributed by atoms with Gasteiger partial charge in [-0.3, -0.25) is 9.48 Å². The summed E-state index contributed by atoms with van der Waals surface area (Å²) in [5.41, 5.74) is 0.449. The molecule has 0 spiro atoms. The Morgan fingerprint density at radius 2 is 1.95 bits per heavy atom. The molecule has 0 unspecified atom stereocenters. The quantitative estimate of drug-likeness (QED) is 0.504. The van der Waals surface area contributed by atoms with E-state index < -0.39 is 18.5 Å². The van der Waals surface area contributed by atoms with Crippen molar-refractivity contribution in [2.75, 3.05) is 32.8 Å². The van der Waals surface area contributed by atoms with Crippen molar-refractivity contribution >= 4 is 5.91 Å². The van der Waals surface area contributed by atoms with Gasteiger partial charge in [-0.05, 0) is 44.1 Å². The van der Waals surface area contributed by atoms with Crippen LogP contribution in [0.4, 0.5) is 17.6 Å². The van der Waals surface area contributed by atoms with Crippen LogP contribution in [-0.2, 0) is 24.7 Å². The molecule has 2 aromatic heterocycles. The number of alkyl halides is 4. The molecule has 204 valence electrons. The van der Waals surface area contributed by atoms with Gasteiger partial charge in [0, 0.05) is 50.9 Å². The van der Waals surface area contributed by atoms with E-state index in [1.807, 2.05) is 0 Å². The van der Waals surface area contributed by atoms with Gasteiger partial charge in [0.25, 0.3) is 5.91 Å². The van der Waals surface area contributed by atoms with Crippen LogP contribution in [0, 0.1) is 0 Å². The summed E-state index contributed by atoms with van der Waals surface area (Å²) in [5.74, 6) is 0.260. The molecule has 1 aliphatic heterocycles. The smallest absolute Gasteiger partial charge is 0.422 e. The number of aromatic nitrogens is 3. The lowest BCUT2D eigenvalue weighted by molar-refractivity contribution is -0.154. The van der Waals surface area contributed by atoms with Gasteiger partial charge in [0.15, 0.2) is 19.0 Å². The molecule has 2 aliphatic rings. The van der Waals surface area contributed by atoms with Gasteiger partial charge in [-0.15, -0.1) is 0 Å². The highest BCUT2D eigenvalue weighted by molar-refractivity contribution is 5.77. The number of nitrogens with zero attached hydrogens (tertiary/aromatic N) is 4. The lowest BCUT2D eigenvalue weighted by Crippen LogP contribution is -2.44. The largest absolute Gasteiger partial charge is 0.480 e. The monoisotopic (exact) mass is 527 g/mol. The Bertz CT molecular complexity index is 1050. The predicted molar refractivity (Wildman–Crippen MR) is 127 cm³/mol. The van der Waals surface area contributed by atoms with Crippen LogP contribution in [0.1, 0.15) is 43.4 Å². The average Bonchev–Trinajstić information content (AvgIpc) is 3.16. The molecule has 1 N–H and O–H groups in total. The van der Waals surface area contributed by atoms with Gasteiger partial charge >= 0.3 is 6.18 Å². The SMILES string of the molecule is Cn1cc(OCC(=O)NC2CCC(F)(CCN3CCc4ccc(OCC(F)(F)F)nc4CC3)CC2)cn1. The van der Waals surface area contributed by atoms with Gasteiger partial charge in [-0.1, -0.05) is 6.07 Å². The van der Waals surface area contributed by atoms with Gasteiger partial charge in [-0.2, -0.15) is 18.3 Å². The molecule has 0 bridgehead atoms. The number of halogens is 4. The number of carbonyl (C=O) groups excluding carboxylic acids is 1. The van der Waals surface area contributed by atoms with Crippen LogP contribution in [0.5, 0.6) is 11.6 Å². The second-order valence-electron chi connectivity index (χ2n) is 9.88.